The first-order valence-electron chi connectivity index (χ1n) is 9.69. The van der Waals surface area contributed by atoms with Crippen LogP contribution in [0.2, 0.25) is 0 Å². The molecule has 1 aromatic carbocycles. The van der Waals surface area contributed by atoms with Crippen molar-refractivity contribution in [2.24, 2.45) is 11.1 Å². The van der Waals surface area contributed by atoms with Gasteiger partial charge in [0.15, 0.2) is 22.9 Å². The summed E-state index contributed by atoms with van der Waals surface area (Å²) in [6.45, 7) is 5.04. The normalized spacial score (nSPS) is 14.0. The molecule has 7 heteroatoms. The van der Waals surface area contributed by atoms with Gasteiger partial charge >= 0.3 is 0 Å². The van der Waals surface area contributed by atoms with Gasteiger partial charge in [0.2, 0.25) is 0 Å². The second-order valence-corrected chi connectivity index (χ2v) is 8.07. The molecule has 0 atom stereocenters. The number of hydrogen-bond donors (Lipinski definition) is 0. The summed E-state index contributed by atoms with van der Waals surface area (Å²) >= 11 is 1.56. The van der Waals surface area contributed by atoms with E-state index < -0.39 is 0 Å². The molecule has 0 amide bonds. The number of hydrogen-bond acceptors (Lipinski definition) is 6. The zero-order valence-electron chi connectivity index (χ0n) is 17.4. The Kier molecular flexibility index (Phi) is 7.25. The van der Waals surface area contributed by atoms with Crippen LogP contribution in [0.5, 0.6) is 11.5 Å². The van der Waals surface area contributed by atoms with Crippen molar-refractivity contribution >= 4 is 17.5 Å². The topological polar surface area (TPSA) is 62.1 Å². The zero-order chi connectivity index (χ0) is 20.8. The molecule has 0 aliphatic heterocycles. The van der Waals surface area contributed by atoms with Crippen LogP contribution in [0.1, 0.15) is 29.8 Å². The summed E-state index contributed by atoms with van der Waals surface area (Å²) in [5.41, 5.74) is 3.43. The van der Waals surface area contributed by atoms with E-state index >= 15 is 0 Å². The first-order chi connectivity index (χ1) is 14.0. The molecule has 3 rings (SSSR count). The molecule has 1 aliphatic carbocycles. The van der Waals surface area contributed by atoms with Crippen molar-refractivity contribution < 1.29 is 14.3 Å². The zero-order valence-corrected chi connectivity index (χ0v) is 18.3. The molecule has 1 aliphatic rings. The fourth-order valence-corrected chi connectivity index (χ4v) is 3.24. The van der Waals surface area contributed by atoms with E-state index in [1.54, 1.807) is 31.0 Å². The van der Waals surface area contributed by atoms with E-state index in [2.05, 4.69) is 9.72 Å². The highest BCUT2D eigenvalue weighted by atomic mass is 32.2. The quantitative estimate of drug-likeness (QED) is 0.254. The monoisotopic (exact) mass is 416 g/mol. The summed E-state index contributed by atoms with van der Waals surface area (Å²) in [4.78, 5) is 17.3. The molecule has 0 spiro atoms. The number of aryl methyl sites for hydroxylation is 2. The van der Waals surface area contributed by atoms with Gasteiger partial charge in [-0.1, -0.05) is 5.16 Å². The second-order valence-electron chi connectivity index (χ2n) is 7.25. The van der Waals surface area contributed by atoms with Crippen molar-refractivity contribution in [3.8, 4) is 11.5 Å². The summed E-state index contributed by atoms with van der Waals surface area (Å²) in [5.74, 6) is 2.53. The maximum Gasteiger partial charge on any atom is 0.182 e. The van der Waals surface area contributed by atoms with Gasteiger partial charge in [0.25, 0.3) is 0 Å². The summed E-state index contributed by atoms with van der Waals surface area (Å²) in [7, 11) is 1.64. The highest BCUT2D eigenvalue weighted by Gasteiger charge is 2.23. The van der Waals surface area contributed by atoms with Crippen LogP contribution in [0.25, 0.3) is 0 Å². The van der Waals surface area contributed by atoms with Crippen LogP contribution in [-0.2, 0) is 11.4 Å². The van der Waals surface area contributed by atoms with E-state index in [0.29, 0.717) is 36.5 Å². The minimum absolute atomic E-state index is 0.00795. The van der Waals surface area contributed by atoms with Crippen LogP contribution in [0.4, 0.5) is 0 Å². The number of methoxy groups -OCH3 is 1. The van der Waals surface area contributed by atoms with Crippen molar-refractivity contribution in [3.63, 3.8) is 0 Å². The molecule has 0 bridgehead atoms. The smallest absolute Gasteiger partial charge is 0.182 e. The molecule has 0 N–H and O–H groups in total. The van der Waals surface area contributed by atoms with Gasteiger partial charge in [-0.05, 0) is 57.1 Å². The fourth-order valence-electron chi connectivity index (χ4n) is 3.08. The van der Waals surface area contributed by atoms with Gasteiger partial charge < -0.3 is 18.9 Å². The Morgan fingerprint density at radius 3 is 2.52 bits per heavy atom. The van der Waals surface area contributed by atoms with Gasteiger partial charge in [-0.2, -0.15) is 0 Å². The Balaban J connectivity index is 1.93. The lowest BCUT2D eigenvalue weighted by atomic mass is 10.1. The third-order valence-corrected chi connectivity index (χ3v) is 5.22. The molecule has 0 radical (unpaired) electrons. The van der Waals surface area contributed by atoms with Crippen molar-refractivity contribution in [1.82, 2.24) is 4.57 Å². The average molecular weight is 417 g/mol. The Hall–Kier alpha value is -2.41. The minimum atomic E-state index is 0.00795. The molecule has 2 aromatic rings. The van der Waals surface area contributed by atoms with Crippen molar-refractivity contribution in [1.29, 1.82) is 0 Å². The highest BCUT2D eigenvalue weighted by Crippen LogP contribution is 2.33. The van der Waals surface area contributed by atoms with Crippen LogP contribution in [0, 0.1) is 19.8 Å². The van der Waals surface area contributed by atoms with Crippen LogP contribution in [0.15, 0.2) is 40.3 Å². The molecule has 0 saturated heterocycles. The molecular weight excluding hydrogens is 388 g/mol. The summed E-state index contributed by atoms with van der Waals surface area (Å²) in [5, 5.41) is 4.39. The van der Waals surface area contributed by atoms with Gasteiger partial charge in [-0.25, -0.2) is 0 Å². The van der Waals surface area contributed by atoms with Crippen LogP contribution < -0.4 is 14.9 Å². The number of pyridine rings is 1. The Labute approximate surface area is 175 Å². The summed E-state index contributed by atoms with van der Waals surface area (Å²) < 4.78 is 13.5. The number of oxime groups is 1. The molecule has 1 heterocycles. The van der Waals surface area contributed by atoms with Crippen LogP contribution in [0.3, 0.4) is 0 Å². The third-order valence-electron chi connectivity index (χ3n) is 4.88. The van der Waals surface area contributed by atoms with E-state index in [9.17, 15) is 4.79 Å². The maximum absolute atomic E-state index is 11.8. The van der Waals surface area contributed by atoms with Gasteiger partial charge in [0.1, 0.15) is 5.71 Å². The number of rotatable bonds is 10. The Bertz CT molecular complexity index is 909. The van der Waals surface area contributed by atoms with Crippen molar-refractivity contribution in [3.05, 3.63) is 57.5 Å². The lowest BCUT2D eigenvalue weighted by molar-refractivity contribution is 0.196. The second kappa shape index (κ2) is 9.87. The predicted octanol–water partition coefficient (Wildman–Crippen LogP) is 4.00. The molecular formula is C22H28N2O4S. The first-order valence-corrected chi connectivity index (χ1v) is 11.1. The standard InChI is InChI=1S/C22H28N2O4S/c1-15-9-19(25)10-16(2)24(15)12-20(23-28-14-29-4)18-7-8-21(26-3)22(11-18)27-13-17-5-6-17/h7-11,17H,5-6,12-14H2,1-4H3/b23-20-. The molecule has 6 nitrogen and oxygen atoms in total. The lowest BCUT2D eigenvalue weighted by Gasteiger charge is -2.17. The van der Waals surface area contributed by atoms with Crippen LogP contribution >= 0.6 is 11.8 Å². The molecule has 1 aromatic heterocycles. The van der Waals surface area contributed by atoms with E-state index in [1.165, 1.54) is 12.8 Å². The Morgan fingerprint density at radius 1 is 1.17 bits per heavy atom. The van der Waals surface area contributed by atoms with Crippen LogP contribution in [-0.4, -0.2) is 36.2 Å². The first kappa shape index (κ1) is 21.3. The summed E-state index contributed by atoms with van der Waals surface area (Å²) in [6, 6.07) is 9.07. The number of nitrogens with zero attached hydrogens (tertiary/aromatic N) is 2. The summed E-state index contributed by atoms with van der Waals surface area (Å²) in [6.07, 6.45) is 4.41. The van der Waals surface area contributed by atoms with E-state index in [1.807, 2.05) is 38.3 Å². The van der Waals surface area contributed by atoms with E-state index in [0.717, 1.165) is 22.7 Å². The van der Waals surface area contributed by atoms with Gasteiger partial charge in [-0.15, -0.1) is 11.8 Å². The SMILES string of the molecule is COc1ccc(/C(Cn2c(C)cc(=O)cc2C)=N\OCSC)cc1OCC1CC1. The molecule has 1 saturated carbocycles. The van der Waals surface area contributed by atoms with Gasteiger partial charge in [0, 0.05) is 29.1 Å². The number of thioether (sulfide) groups is 1. The number of aromatic nitrogens is 1. The minimum Gasteiger partial charge on any atom is -0.493 e. The largest absolute Gasteiger partial charge is 0.493 e. The van der Waals surface area contributed by atoms with E-state index in [4.69, 9.17) is 14.3 Å². The van der Waals surface area contributed by atoms with Gasteiger partial charge in [0.05, 0.1) is 20.3 Å². The molecule has 156 valence electrons. The molecule has 0 unspecified atom stereocenters. The van der Waals surface area contributed by atoms with Crippen molar-refractivity contribution in [2.75, 3.05) is 25.9 Å². The fraction of sp³-hybridized carbons (Fsp3) is 0.455. The van der Waals surface area contributed by atoms with E-state index in [-0.39, 0.29) is 5.43 Å². The van der Waals surface area contributed by atoms with Gasteiger partial charge in [-0.3, -0.25) is 4.79 Å². The third kappa shape index (κ3) is 5.79. The highest BCUT2D eigenvalue weighted by molar-refractivity contribution is 7.98. The maximum atomic E-state index is 11.8. The number of benzene rings is 1. The molecule has 29 heavy (non-hydrogen) atoms. The predicted molar refractivity (Wildman–Crippen MR) is 117 cm³/mol. The number of ether oxygens (including phenoxy) is 2. The Morgan fingerprint density at radius 2 is 1.90 bits per heavy atom. The van der Waals surface area contributed by atoms with Crippen molar-refractivity contribution in [2.45, 2.75) is 33.2 Å². The average Bonchev–Trinajstić information content (AvgIpc) is 3.52. The lowest BCUT2D eigenvalue weighted by Crippen LogP contribution is -2.19. The molecule has 1 fully saturated rings.